The number of hydrogen-bond donors (Lipinski definition) is 2. The molecule has 17 heavy (non-hydrogen) atoms. The fraction of sp³-hybridized carbons (Fsp3) is 0.455. The molecule has 1 atom stereocenters. The lowest BCUT2D eigenvalue weighted by Gasteiger charge is -2.12. The van der Waals surface area contributed by atoms with E-state index in [0.717, 1.165) is 0 Å². The number of nitrogens with one attached hydrogen (secondary N) is 1. The Bertz CT molecular complexity index is 338. The molecular weight excluding hydrogens is 235 g/mol. The van der Waals surface area contributed by atoms with E-state index in [0.29, 0.717) is 18.7 Å². The second kappa shape index (κ2) is 5.77. The van der Waals surface area contributed by atoms with Gasteiger partial charge in [0.25, 0.3) is 0 Å². The fourth-order valence-electron chi connectivity index (χ4n) is 1.15. The molecule has 2 N–H and O–H groups in total. The van der Waals surface area contributed by atoms with E-state index in [1.807, 2.05) is 6.92 Å². The molecule has 0 aliphatic carbocycles. The molecule has 0 amide bonds. The van der Waals surface area contributed by atoms with Gasteiger partial charge in [0, 0.05) is 12.2 Å². The summed E-state index contributed by atoms with van der Waals surface area (Å²) in [5.41, 5.74) is 0.632. The number of halogens is 3. The van der Waals surface area contributed by atoms with Gasteiger partial charge in [-0.05, 0) is 30.7 Å². The highest BCUT2D eigenvalue weighted by molar-refractivity contribution is 5.46. The highest BCUT2D eigenvalue weighted by atomic mass is 19.4. The minimum atomic E-state index is -4.67. The topological polar surface area (TPSA) is 41.5 Å². The smallest absolute Gasteiger partial charge is 0.406 e. The van der Waals surface area contributed by atoms with Crippen molar-refractivity contribution >= 4 is 5.69 Å². The zero-order chi connectivity index (χ0) is 12.9. The first-order chi connectivity index (χ1) is 7.90. The van der Waals surface area contributed by atoms with Gasteiger partial charge in [0.1, 0.15) is 5.75 Å². The fourth-order valence-corrected chi connectivity index (χ4v) is 1.15. The molecule has 0 heterocycles. The van der Waals surface area contributed by atoms with Crippen molar-refractivity contribution in [1.29, 1.82) is 0 Å². The predicted octanol–water partition coefficient (Wildman–Crippen LogP) is 2.77. The maximum absolute atomic E-state index is 11.9. The van der Waals surface area contributed by atoms with Crippen LogP contribution in [0, 0.1) is 0 Å². The van der Waals surface area contributed by atoms with E-state index < -0.39 is 12.5 Å². The van der Waals surface area contributed by atoms with E-state index in [9.17, 15) is 18.3 Å². The lowest BCUT2D eigenvalue weighted by atomic mass is 10.2. The Hall–Kier alpha value is -1.43. The molecule has 1 aromatic carbocycles. The molecule has 1 aromatic rings. The highest BCUT2D eigenvalue weighted by Crippen LogP contribution is 2.23. The summed E-state index contributed by atoms with van der Waals surface area (Å²) in [6, 6.07) is 5.36. The van der Waals surface area contributed by atoms with Crippen molar-refractivity contribution in [3.05, 3.63) is 24.3 Å². The van der Waals surface area contributed by atoms with Crippen molar-refractivity contribution in [3.63, 3.8) is 0 Å². The Labute approximate surface area is 97.2 Å². The third kappa shape index (κ3) is 5.44. The Morgan fingerprint density at radius 2 is 1.88 bits per heavy atom. The Morgan fingerprint density at radius 1 is 1.29 bits per heavy atom. The summed E-state index contributed by atoms with van der Waals surface area (Å²) in [5, 5.41) is 12.2. The monoisotopic (exact) mass is 249 g/mol. The molecule has 0 aliphatic rings. The number of alkyl halides is 3. The molecular formula is C11H14F3NO2. The average molecular weight is 249 g/mol. The quantitative estimate of drug-likeness (QED) is 0.843. The van der Waals surface area contributed by atoms with Crippen LogP contribution in [0.5, 0.6) is 5.75 Å². The SMILES string of the molecule is CCC(O)CNc1ccc(OC(F)(F)F)cc1. The maximum atomic E-state index is 11.9. The number of anilines is 1. The maximum Gasteiger partial charge on any atom is 0.573 e. The van der Waals surface area contributed by atoms with Gasteiger partial charge in [0.2, 0.25) is 0 Å². The van der Waals surface area contributed by atoms with E-state index >= 15 is 0 Å². The van der Waals surface area contributed by atoms with E-state index in [1.165, 1.54) is 24.3 Å². The van der Waals surface area contributed by atoms with Gasteiger partial charge in [-0.25, -0.2) is 0 Å². The Morgan fingerprint density at radius 3 is 2.35 bits per heavy atom. The summed E-state index contributed by atoms with van der Waals surface area (Å²) in [4.78, 5) is 0. The first-order valence-electron chi connectivity index (χ1n) is 5.18. The molecule has 0 aromatic heterocycles. The number of aliphatic hydroxyl groups is 1. The van der Waals surface area contributed by atoms with E-state index in [1.54, 1.807) is 0 Å². The Kier molecular flexibility index (Phi) is 4.62. The van der Waals surface area contributed by atoms with Crippen molar-refractivity contribution < 1.29 is 23.0 Å². The minimum Gasteiger partial charge on any atom is -0.406 e. The second-order valence-corrected chi connectivity index (χ2v) is 3.52. The first kappa shape index (κ1) is 13.6. The lowest BCUT2D eigenvalue weighted by molar-refractivity contribution is -0.274. The Balaban J connectivity index is 2.50. The molecule has 6 heteroatoms. The van der Waals surface area contributed by atoms with Crippen LogP contribution in [0.2, 0.25) is 0 Å². The molecule has 0 radical (unpaired) electrons. The summed E-state index contributed by atoms with van der Waals surface area (Å²) in [5.74, 6) is -0.265. The predicted molar refractivity (Wildman–Crippen MR) is 57.9 cm³/mol. The van der Waals surface area contributed by atoms with Crippen LogP contribution < -0.4 is 10.1 Å². The summed E-state index contributed by atoms with van der Waals surface area (Å²) < 4.78 is 39.3. The number of benzene rings is 1. The van der Waals surface area contributed by atoms with E-state index in [4.69, 9.17) is 0 Å². The molecule has 0 bridgehead atoms. The van der Waals surface area contributed by atoms with Gasteiger partial charge in [0.15, 0.2) is 0 Å². The van der Waals surface area contributed by atoms with Crippen LogP contribution in [0.25, 0.3) is 0 Å². The molecule has 0 saturated heterocycles. The van der Waals surface area contributed by atoms with Crippen LogP contribution in [0.1, 0.15) is 13.3 Å². The van der Waals surface area contributed by atoms with Gasteiger partial charge < -0.3 is 15.2 Å². The third-order valence-corrected chi connectivity index (χ3v) is 2.10. The number of rotatable bonds is 5. The summed E-state index contributed by atoms with van der Waals surface area (Å²) in [6.45, 7) is 2.20. The largest absolute Gasteiger partial charge is 0.573 e. The minimum absolute atomic E-state index is 0.265. The number of ether oxygens (including phenoxy) is 1. The number of aliphatic hydroxyl groups excluding tert-OH is 1. The van der Waals surface area contributed by atoms with Gasteiger partial charge in [-0.3, -0.25) is 0 Å². The average Bonchev–Trinajstić information content (AvgIpc) is 2.25. The number of hydrogen-bond acceptors (Lipinski definition) is 3. The molecule has 1 rings (SSSR count). The molecule has 0 spiro atoms. The van der Waals surface area contributed by atoms with E-state index in [2.05, 4.69) is 10.1 Å². The zero-order valence-corrected chi connectivity index (χ0v) is 9.29. The molecule has 96 valence electrons. The normalized spacial score (nSPS) is 13.2. The van der Waals surface area contributed by atoms with Crippen molar-refractivity contribution in [2.45, 2.75) is 25.8 Å². The summed E-state index contributed by atoms with van der Waals surface area (Å²) in [6.07, 6.45) is -4.53. The van der Waals surface area contributed by atoms with Gasteiger partial charge >= 0.3 is 6.36 Å². The highest BCUT2D eigenvalue weighted by Gasteiger charge is 2.30. The second-order valence-electron chi connectivity index (χ2n) is 3.52. The standard InChI is InChI=1S/C11H14F3NO2/c1-2-9(16)7-15-8-3-5-10(6-4-8)17-11(12,13)14/h3-6,9,15-16H,2,7H2,1H3. The van der Waals surface area contributed by atoms with Crippen LogP contribution in [0.3, 0.4) is 0 Å². The molecule has 0 aliphatic heterocycles. The molecule has 3 nitrogen and oxygen atoms in total. The van der Waals surface area contributed by atoms with Gasteiger partial charge in [0.05, 0.1) is 6.10 Å². The molecule has 1 unspecified atom stereocenters. The van der Waals surface area contributed by atoms with Crippen LogP contribution in [0.15, 0.2) is 24.3 Å². The summed E-state index contributed by atoms with van der Waals surface area (Å²) >= 11 is 0. The lowest BCUT2D eigenvalue weighted by Crippen LogP contribution is -2.18. The van der Waals surface area contributed by atoms with Crippen LogP contribution in [0.4, 0.5) is 18.9 Å². The van der Waals surface area contributed by atoms with Gasteiger partial charge in [-0.1, -0.05) is 6.92 Å². The van der Waals surface area contributed by atoms with Crippen molar-refractivity contribution in [1.82, 2.24) is 0 Å². The molecule has 0 fully saturated rings. The first-order valence-corrected chi connectivity index (χ1v) is 5.18. The van der Waals surface area contributed by atoms with Crippen LogP contribution in [-0.4, -0.2) is 24.1 Å². The van der Waals surface area contributed by atoms with Crippen molar-refractivity contribution in [2.24, 2.45) is 0 Å². The van der Waals surface area contributed by atoms with Crippen LogP contribution >= 0.6 is 0 Å². The van der Waals surface area contributed by atoms with Gasteiger partial charge in [-0.2, -0.15) is 0 Å². The van der Waals surface area contributed by atoms with Gasteiger partial charge in [-0.15, -0.1) is 13.2 Å². The summed E-state index contributed by atoms with van der Waals surface area (Å²) in [7, 11) is 0. The van der Waals surface area contributed by atoms with Crippen molar-refractivity contribution in [3.8, 4) is 5.75 Å². The molecule has 0 saturated carbocycles. The third-order valence-electron chi connectivity index (χ3n) is 2.10. The van der Waals surface area contributed by atoms with Crippen LogP contribution in [-0.2, 0) is 0 Å². The van der Waals surface area contributed by atoms with E-state index in [-0.39, 0.29) is 5.75 Å². The van der Waals surface area contributed by atoms with Crippen molar-refractivity contribution in [2.75, 3.05) is 11.9 Å². The zero-order valence-electron chi connectivity index (χ0n) is 9.29.